The van der Waals surface area contributed by atoms with Gasteiger partial charge >= 0.3 is 6.09 Å². The lowest BCUT2D eigenvalue weighted by molar-refractivity contribution is -0.133. The Kier molecular flexibility index (Phi) is 5.46. The van der Waals surface area contributed by atoms with Crippen LogP contribution in [0.2, 0.25) is 0 Å². The molecule has 2 heterocycles. The Balaban J connectivity index is 1.79. The van der Waals surface area contributed by atoms with Crippen LogP contribution in [0.15, 0.2) is 12.1 Å². The summed E-state index contributed by atoms with van der Waals surface area (Å²) in [5.74, 6) is 0.149. The lowest BCUT2D eigenvalue weighted by Crippen LogP contribution is -2.50. The smallest absolute Gasteiger partial charge is 0.409 e. The van der Waals surface area contributed by atoms with Gasteiger partial charge in [0.2, 0.25) is 5.91 Å². The molecule has 0 bridgehead atoms. The zero-order valence-electron chi connectivity index (χ0n) is 13.7. The highest BCUT2D eigenvalue weighted by molar-refractivity contribution is 5.76. The molecule has 1 fully saturated rings. The first-order valence-corrected chi connectivity index (χ1v) is 7.85. The minimum absolute atomic E-state index is 0.149. The summed E-state index contributed by atoms with van der Waals surface area (Å²) in [6, 6.07) is 4.13. The standard InChI is InChI=1S/C16H25N3O3/c1-4-22-16(21)18-11-9-17(10-12-18)15(20)7-8-19-13(2)5-6-14(19)3/h5-6H,4,7-12H2,1-3H3. The van der Waals surface area contributed by atoms with Gasteiger partial charge in [0.15, 0.2) is 0 Å². The summed E-state index contributed by atoms with van der Waals surface area (Å²) in [6.07, 6.45) is 0.212. The monoisotopic (exact) mass is 307 g/mol. The highest BCUT2D eigenvalue weighted by Crippen LogP contribution is 2.10. The average Bonchev–Trinajstić information content (AvgIpc) is 2.84. The van der Waals surface area contributed by atoms with E-state index in [2.05, 4.69) is 30.5 Å². The van der Waals surface area contributed by atoms with Crippen molar-refractivity contribution in [3.63, 3.8) is 0 Å². The van der Waals surface area contributed by atoms with Crippen LogP contribution in [0.25, 0.3) is 0 Å². The van der Waals surface area contributed by atoms with Gasteiger partial charge in [-0.25, -0.2) is 4.79 Å². The molecule has 6 heteroatoms. The van der Waals surface area contributed by atoms with Crippen molar-refractivity contribution in [3.8, 4) is 0 Å². The van der Waals surface area contributed by atoms with Gasteiger partial charge in [0, 0.05) is 50.5 Å². The highest BCUT2D eigenvalue weighted by atomic mass is 16.6. The highest BCUT2D eigenvalue weighted by Gasteiger charge is 2.24. The lowest BCUT2D eigenvalue weighted by atomic mass is 10.2. The average molecular weight is 307 g/mol. The molecule has 1 saturated heterocycles. The van der Waals surface area contributed by atoms with Gasteiger partial charge < -0.3 is 19.1 Å². The molecule has 1 aliphatic heterocycles. The van der Waals surface area contributed by atoms with Gasteiger partial charge in [-0.3, -0.25) is 4.79 Å². The van der Waals surface area contributed by atoms with E-state index < -0.39 is 0 Å². The van der Waals surface area contributed by atoms with Crippen molar-refractivity contribution in [3.05, 3.63) is 23.5 Å². The number of aromatic nitrogens is 1. The molecule has 0 atom stereocenters. The number of amides is 2. The van der Waals surface area contributed by atoms with Crippen LogP contribution in [0.4, 0.5) is 4.79 Å². The van der Waals surface area contributed by atoms with Crippen molar-refractivity contribution in [1.29, 1.82) is 0 Å². The molecule has 0 spiro atoms. The Morgan fingerprint density at radius 1 is 1.05 bits per heavy atom. The first kappa shape index (κ1) is 16.4. The molecule has 0 saturated carbocycles. The van der Waals surface area contributed by atoms with Crippen LogP contribution in [-0.4, -0.2) is 59.2 Å². The summed E-state index contributed by atoms with van der Waals surface area (Å²) in [5, 5.41) is 0. The quantitative estimate of drug-likeness (QED) is 0.852. The number of hydrogen-bond donors (Lipinski definition) is 0. The van der Waals surface area contributed by atoms with Gasteiger partial charge in [0.05, 0.1) is 6.61 Å². The minimum Gasteiger partial charge on any atom is -0.450 e. The fourth-order valence-electron chi connectivity index (χ4n) is 2.77. The van der Waals surface area contributed by atoms with Crippen LogP contribution in [0.1, 0.15) is 24.7 Å². The normalized spacial score (nSPS) is 15.0. The Morgan fingerprint density at radius 3 is 2.14 bits per heavy atom. The molecule has 0 aliphatic carbocycles. The molecule has 0 aromatic carbocycles. The number of piperazine rings is 1. The predicted molar refractivity (Wildman–Crippen MR) is 83.7 cm³/mol. The fourth-order valence-corrected chi connectivity index (χ4v) is 2.77. The van der Waals surface area contributed by atoms with E-state index >= 15 is 0 Å². The number of carbonyl (C=O) groups excluding carboxylic acids is 2. The van der Waals surface area contributed by atoms with Gasteiger partial charge in [-0.2, -0.15) is 0 Å². The molecule has 2 amide bonds. The molecule has 122 valence electrons. The van der Waals surface area contributed by atoms with Crippen LogP contribution < -0.4 is 0 Å². The zero-order chi connectivity index (χ0) is 16.1. The van der Waals surface area contributed by atoms with Crippen molar-refractivity contribution < 1.29 is 14.3 Å². The summed E-state index contributed by atoms with van der Waals surface area (Å²) < 4.78 is 7.14. The molecule has 2 rings (SSSR count). The van der Waals surface area contributed by atoms with E-state index in [9.17, 15) is 9.59 Å². The first-order chi connectivity index (χ1) is 10.5. The number of carbonyl (C=O) groups is 2. The molecule has 0 radical (unpaired) electrons. The molecule has 1 aromatic heterocycles. The van der Waals surface area contributed by atoms with Crippen LogP contribution in [0.5, 0.6) is 0 Å². The molecule has 6 nitrogen and oxygen atoms in total. The maximum atomic E-state index is 12.3. The Morgan fingerprint density at radius 2 is 1.59 bits per heavy atom. The van der Waals surface area contributed by atoms with E-state index in [0.29, 0.717) is 45.8 Å². The number of rotatable bonds is 4. The van der Waals surface area contributed by atoms with Crippen molar-refractivity contribution >= 4 is 12.0 Å². The fraction of sp³-hybridized carbons (Fsp3) is 0.625. The lowest BCUT2D eigenvalue weighted by Gasteiger charge is -2.34. The predicted octanol–water partition coefficient (Wildman–Crippen LogP) is 1.80. The summed E-state index contributed by atoms with van der Waals surface area (Å²) in [4.78, 5) is 27.4. The first-order valence-electron chi connectivity index (χ1n) is 7.85. The Bertz CT molecular complexity index is 511. The third kappa shape index (κ3) is 3.81. The Hall–Kier alpha value is -1.98. The van der Waals surface area contributed by atoms with Gasteiger partial charge in [-0.1, -0.05) is 0 Å². The van der Waals surface area contributed by atoms with Gasteiger partial charge in [0.25, 0.3) is 0 Å². The largest absolute Gasteiger partial charge is 0.450 e. The second kappa shape index (κ2) is 7.33. The van der Waals surface area contributed by atoms with Gasteiger partial charge in [-0.15, -0.1) is 0 Å². The third-order valence-corrected chi connectivity index (χ3v) is 4.12. The van der Waals surface area contributed by atoms with Crippen LogP contribution in [-0.2, 0) is 16.1 Å². The van der Waals surface area contributed by atoms with Crippen molar-refractivity contribution in [2.45, 2.75) is 33.7 Å². The maximum Gasteiger partial charge on any atom is 0.409 e. The zero-order valence-corrected chi connectivity index (χ0v) is 13.7. The van der Waals surface area contributed by atoms with Crippen LogP contribution in [0, 0.1) is 13.8 Å². The van der Waals surface area contributed by atoms with E-state index in [1.807, 2.05) is 4.90 Å². The number of nitrogens with zero attached hydrogens (tertiary/aromatic N) is 3. The SMILES string of the molecule is CCOC(=O)N1CCN(C(=O)CCn2c(C)ccc2C)CC1. The van der Waals surface area contributed by atoms with E-state index in [1.54, 1.807) is 11.8 Å². The van der Waals surface area contributed by atoms with Crippen LogP contribution >= 0.6 is 0 Å². The molecular weight excluding hydrogens is 282 g/mol. The molecule has 1 aliphatic rings. The summed E-state index contributed by atoms with van der Waals surface area (Å²) in [6.45, 7) is 9.25. The second-order valence-electron chi connectivity index (χ2n) is 5.58. The summed E-state index contributed by atoms with van der Waals surface area (Å²) >= 11 is 0. The number of hydrogen-bond acceptors (Lipinski definition) is 3. The minimum atomic E-state index is -0.284. The van der Waals surface area contributed by atoms with Crippen molar-refractivity contribution in [2.75, 3.05) is 32.8 Å². The third-order valence-electron chi connectivity index (χ3n) is 4.12. The van der Waals surface area contributed by atoms with E-state index in [4.69, 9.17) is 4.74 Å². The van der Waals surface area contributed by atoms with E-state index in [1.165, 1.54) is 11.4 Å². The summed E-state index contributed by atoms with van der Waals surface area (Å²) in [7, 11) is 0. The van der Waals surface area contributed by atoms with E-state index in [-0.39, 0.29) is 12.0 Å². The summed E-state index contributed by atoms with van der Waals surface area (Å²) in [5.41, 5.74) is 2.36. The Labute approximate surface area is 131 Å². The van der Waals surface area contributed by atoms with Crippen LogP contribution in [0.3, 0.4) is 0 Å². The molecular formula is C16H25N3O3. The van der Waals surface area contributed by atoms with Gasteiger partial charge in [-0.05, 0) is 32.9 Å². The number of aryl methyl sites for hydroxylation is 2. The van der Waals surface area contributed by atoms with Gasteiger partial charge in [0.1, 0.15) is 0 Å². The topological polar surface area (TPSA) is 54.8 Å². The molecule has 22 heavy (non-hydrogen) atoms. The maximum absolute atomic E-state index is 12.3. The molecule has 0 unspecified atom stereocenters. The number of ether oxygens (including phenoxy) is 1. The molecule has 1 aromatic rings. The molecule has 0 N–H and O–H groups in total. The second-order valence-corrected chi connectivity index (χ2v) is 5.58. The van der Waals surface area contributed by atoms with Crippen molar-refractivity contribution in [1.82, 2.24) is 14.4 Å². The van der Waals surface area contributed by atoms with E-state index in [0.717, 1.165) is 0 Å². The van der Waals surface area contributed by atoms with Crippen molar-refractivity contribution in [2.24, 2.45) is 0 Å².